The van der Waals surface area contributed by atoms with Gasteiger partial charge in [-0.2, -0.15) is 0 Å². The Kier molecular flexibility index (Phi) is 5.39. The second-order valence-electron chi connectivity index (χ2n) is 6.52. The third-order valence-electron chi connectivity index (χ3n) is 5.20. The fourth-order valence-corrected chi connectivity index (χ4v) is 7.41. The number of nitrogens with zero attached hydrogens (tertiary/aromatic N) is 2. The zero-order valence-electron chi connectivity index (χ0n) is 14.3. The monoisotopic (exact) mass is 350 g/mol. The van der Waals surface area contributed by atoms with Crippen molar-refractivity contribution in [3.8, 4) is 0 Å². The molecule has 1 aliphatic heterocycles. The first kappa shape index (κ1) is 17.3. The van der Waals surface area contributed by atoms with Crippen molar-refractivity contribution in [2.24, 2.45) is 0 Å². The molecular weight excluding hydrogens is 323 g/mol. The standard InChI is InChI=1S/C18H27N2OPS/c1-4-10-18(15-11-6-5-7-12-15)21-22(23)19(2)16-13-8-9-14-17(16)20(22)3/h4-7,10-12,16-18H,8-9,13-14H2,1-3H3/b10-4+/t16-,17-,18?/m1/s1. The molecule has 2 fully saturated rings. The van der Waals surface area contributed by atoms with Gasteiger partial charge in [0.15, 0.2) is 0 Å². The number of allylic oxidation sites excluding steroid dienone is 1. The van der Waals surface area contributed by atoms with Gasteiger partial charge in [-0.15, -0.1) is 0 Å². The lowest BCUT2D eigenvalue weighted by molar-refractivity contribution is 0.233. The van der Waals surface area contributed by atoms with Crippen LogP contribution in [0.15, 0.2) is 42.5 Å². The van der Waals surface area contributed by atoms with Crippen molar-refractivity contribution in [3.05, 3.63) is 48.0 Å². The number of benzene rings is 1. The first-order valence-corrected chi connectivity index (χ1v) is 11.1. The van der Waals surface area contributed by atoms with Crippen LogP contribution in [-0.4, -0.2) is 35.5 Å². The second-order valence-corrected chi connectivity index (χ2v) is 10.4. The molecule has 0 spiro atoms. The molecule has 3 rings (SSSR count). The van der Waals surface area contributed by atoms with E-state index < -0.39 is 6.57 Å². The van der Waals surface area contributed by atoms with E-state index in [9.17, 15) is 0 Å². The molecule has 3 nitrogen and oxygen atoms in total. The lowest BCUT2D eigenvalue weighted by atomic mass is 9.91. The van der Waals surface area contributed by atoms with Gasteiger partial charge >= 0.3 is 0 Å². The van der Waals surface area contributed by atoms with Gasteiger partial charge < -0.3 is 4.52 Å². The molecule has 1 unspecified atom stereocenters. The Bertz CT molecular complexity index is 584. The van der Waals surface area contributed by atoms with Gasteiger partial charge in [0.05, 0.1) is 0 Å². The zero-order valence-corrected chi connectivity index (χ0v) is 16.0. The summed E-state index contributed by atoms with van der Waals surface area (Å²) in [4.78, 5) is 0. The minimum Gasteiger partial charge on any atom is -0.314 e. The summed E-state index contributed by atoms with van der Waals surface area (Å²) in [6.07, 6.45) is 9.21. The van der Waals surface area contributed by atoms with E-state index >= 15 is 0 Å². The van der Waals surface area contributed by atoms with Gasteiger partial charge in [0.2, 0.25) is 6.57 Å². The van der Waals surface area contributed by atoms with E-state index in [2.05, 4.69) is 59.9 Å². The maximum Gasteiger partial charge on any atom is 0.204 e. The molecule has 1 heterocycles. The van der Waals surface area contributed by atoms with Gasteiger partial charge in [0.1, 0.15) is 6.10 Å². The van der Waals surface area contributed by atoms with Crippen molar-refractivity contribution in [2.45, 2.75) is 50.8 Å². The molecule has 1 saturated carbocycles. The molecule has 0 aromatic heterocycles. The van der Waals surface area contributed by atoms with Crippen LogP contribution in [0.4, 0.5) is 0 Å². The minimum absolute atomic E-state index is 0.0721. The quantitative estimate of drug-likeness (QED) is 0.576. The Morgan fingerprint density at radius 3 is 2.22 bits per heavy atom. The Labute approximate surface area is 145 Å². The number of hydrogen-bond acceptors (Lipinski definition) is 2. The molecule has 2 aliphatic rings. The normalized spacial score (nSPS) is 29.7. The summed E-state index contributed by atoms with van der Waals surface area (Å²) in [6, 6.07) is 11.5. The summed E-state index contributed by atoms with van der Waals surface area (Å²) in [5.41, 5.74) is 1.17. The van der Waals surface area contributed by atoms with Crippen molar-refractivity contribution in [3.63, 3.8) is 0 Å². The summed E-state index contributed by atoms with van der Waals surface area (Å²) in [5.74, 6) is 0. The van der Waals surface area contributed by atoms with Crippen molar-refractivity contribution < 1.29 is 4.52 Å². The topological polar surface area (TPSA) is 15.7 Å². The minimum atomic E-state index is -2.16. The van der Waals surface area contributed by atoms with Crippen molar-refractivity contribution in [2.75, 3.05) is 14.1 Å². The number of fused-ring (bicyclic) bond motifs is 1. The van der Waals surface area contributed by atoms with Crippen LogP contribution in [0.3, 0.4) is 0 Å². The van der Waals surface area contributed by atoms with Crippen LogP contribution in [-0.2, 0) is 16.3 Å². The fourth-order valence-electron chi connectivity index (χ4n) is 3.88. The lowest BCUT2D eigenvalue weighted by Crippen LogP contribution is -2.37. The van der Waals surface area contributed by atoms with Crippen molar-refractivity contribution in [1.29, 1.82) is 0 Å². The van der Waals surface area contributed by atoms with E-state index in [1.807, 2.05) is 13.0 Å². The summed E-state index contributed by atoms with van der Waals surface area (Å²) >= 11 is 6.12. The summed E-state index contributed by atoms with van der Waals surface area (Å²) in [6.45, 7) is -0.123. The van der Waals surface area contributed by atoms with Crippen LogP contribution in [0.25, 0.3) is 0 Å². The van der Waals surface area contributed by atoms with Crippen molar-refractivity contribution >= 4 is 18.4 Å². The van der Waals surface area contributed by atoms with Gasteiger partial charge in [0, 0.05) is 12.1 Å². The first-order chi connectivity index (χ1) is 11.1. The molecule has 1 aliphatic carbocycles. The van der Waals surface area contributed by atoms with Crippen LogP contribution in [0.1, 0.15) is 44.3 Å². The highest BCUT2D eigenvalue weighted by atomic mass is 32.5. The Morgan fingerprint density at radius 2 is 1.70 bits per heavy atom. The SMILES string of the molecule is C/C=C/C(OP1(=S)N(C)[C@@H]2CCCC[C@H]2N1C)c1ccccc1. The Balaban J connectivity index is 1.88. The highest BCUT2D eigenvalue weighted by molar-refractivity contribution is 8.10. The van der Waals surface area contributed by atoms with Crippen molar-refractivity contribution in [1.82, 2.24) is 9.34 Å². The zero-order chi connectivity index (χ0) is 16.4. The predicted octanol–water partition coefficient (Wildman–Crippen LogP) is 4.73. The van der Waals surface area contributed by atoms with E-state index in [1.54, 1.807) is 0 Å². The molecule has 0 radical (unpaired) electrons. The van der Waals surface area contributed by atoms with Gasteiger partial charge in [-0.1, -0.05) is 55.3 Å². The largest absolute Gasteiger partial charge is 0.314 e. The number of hydrogen-bond donors (Lipinski definition) is 0. The van der Waals surface area contributed by atoms with Crippen LogP contribution < -0.4 is 0 Å². The third-order valence-corrected chi connectivity index (χ3v) is 9.69. The maximum absolute atomic E-state index is 6.63. The molecule has 23 heavy (non-hydrogen) atoms. The van der Waals surface area contributed by atoms with E-state index in [4.69, 9.17) is 16.3 Å². The van der Waals surface area contributed by atoms with Gasteiger partial charge in [-0.25, -0.2) is 9.34 Å². The van der Waals surface area contributed by atoms with Crippen LogP contribution >= 0.6 is 6.57 Å². The van der Waals surface area contributed by atoms with Gasteiger partial charge in [0.25, 0.3) is 0 Å². The molecule has 3 atom stereocenters. The van der Waals surface area contributed by atoms with Crippen LogP contribution in [0, 0.1) is 0 Å². The first-order valence-electron chi connectivity index (χ1n) is 8.50. The van der Waals surface area contributed by atoms with Crippen LogP contribution in [0.2, 0.25) is 0 Å². The highest BCUT2D eigenvalue weighted by Crippen LogP contribution is 2.64. The molecule has 5 heteroatoms. The van der Waals surface area contributed by atoms with Gasteiger partial charge in [-0.05, 0) is 51.2 Å². The van der Waals surface area contributed by atoms with E-state index in [-0.39, 0.29) is 6.10 Å². The third kappa shape index (κ3) is 3.20. The van der Waals surface area contributed by atoms with E-state index in [0.717, 1.165) is 0 Å². The number of rotatable bonds is 4. The summed E-state index contributed by atoms with van der Waals surface area (Å²) < 4.78 is 11.4. The highest BCUT2D eigenvalue weighted by Gasteiger charge is 2.50. The fraction of sp³-hybridized carbons (Fsp3) is 0.556. The van der Waals surface area contributed by atoms with E-state index in [1.165, 1.54) is 31.2 Å². The molecule has 0 N–H and O–H groups in total. The molecular formula is C18H27N2OPS. The average Bonchev–Trinajstić information content (AvgIpc) is 2.78. The summed E-state index contributed by atoms with van der Waals surface area (Å²) in [7, 11) is 4.34. The lowest BCUT2D eigenvalue weighted by Gasteiger charge is -2.33. The second kappa shape index (κ2) is 7.16. The predicted molar refractivity (Wildman–Crippen MR) is 101 cm³/mol. The number of likely N-dealkylation sites (N-methyl/N-ethyl adjacent to an activating group) is 2. The molecule has 1 saturated heterocycles. The molecule has 1 aromatic carbocycles. The smallest absolute Gasteiger partial charge is 0.204 e. The van der Waals surface area contributed by atoms with Crippen LogP contribution in [0.5, 0.6) is 0 Å². The molecule has 0 bridgehead atoms. The average molecular weight is 350 g/mol. The Hall–Kier alpha value is -0.510. The summed E-state index contributed by atoms with van der Waals surface area (Å²) in [5, 5.41) is 0. The van der Waals surface area contributed by atoms with E-state index in [0.29, 0.717) is 12.1 Å². The Morgan fingerprint density at radius 1 is 1.13 bits per heavy atom. The molecule has 126 valence electrons. The maximum atomic E-state index is 6.63. The van der Waals surface area contributed by atoms with Gasteiger partial charge in [-0.3, -0.25) is 0 Å². The molecule has 1 aromatic rings. The molecule has 0 amide bonds.